The van der Waals surface area contributed by atoms with Crippen LogP contribution in [-0.2, 0) is 10.0 Å². The summed E-state index contributed by atoms with van der Waals surface area (Å²) in [6.45, 7) is 2.81. The SMILES string of the molecule is CC1CCN(c2cc([N+](=O)[O-])cc(S(N)(=O)=O)c2)CC1O. The number of hydrogen-bond acceptors (Lipinski definition) is 6. The maximum atomic E-state index is 11.4. The van der Waals surface area contributed by atoms with Crippen LogP contribution in [0.5, 0.6) is 0 Å². The Morgan fingerprint density at radius 1 is 1.43 bits per heavy atom. The fourth-order valence-corrected chi connectivity index (χ4v) is 2.87. The monoisotopic (exact) mass is 315 g/mol. The number of piperidine rings is 1. The van der Waals surface area contributed by atoms with Gasteiger partial charge in [-0.1, -0.05) is 6.92 Å². The molecule has 1 aromatic carbocycles. The number of sulfonamides is 1. The van der Waals surface area contributed by atoms with Crippen LogP contribution in [0, 0.1) is 16.0 Å². The van der Waals surface area contributed by atoms with E-state index in [1.807, 2.05) is 6.92 Å². The van der Waals surface area contributed by atoms with E-state index >= 15 is 0 Å². The number of benzene rings is 1. The molecule has 1 aliphatic rings. The second-order valence-electron chi connectivity index (χ2n) is 5.27. The Morgan fingerprint density at radius 2 is 2.10 bits per heavy atom. The van der Waals surface area contributed by atoms with Gasteiger partial charge in [0.05, 0.1) is 15.9 Å². The summed E-state index contributed by atoms with van der Waals surface area (Å²) in [7, 11) is -4.04. The molecule has 8 nitrogen and oxygen atoms in total. The number of nitro groups is 1. The Hall–Kier alpha value is -1.71. The first-order chi connectivity index (χ1) is 9.68. The van der Waals surface area contributed by atoms with Crippen LogP contribution < -0.4 is 10.0 Å². The van der Waals surface area contributed by atoms with Gasteiger partial charge < -0.3 is 10.0 Å². The molecule has 0 saturated carbocycles. The van der Waals surface area contributed by atoms with Crippen molar-refractivity contribution in [2.24, 2.45) is 11.1 Å². The first kappa shape index (κ1) is 15.7. The zero-order valence-electron chi connectivity index (χ0n) is 11.5. The smallest absolute Gasteiger partial charge is 0.272 e. The van der Waals surface area contributed by atoms with Crippen molar-refractivity contribution in [3.05, 3.63) is 28.3 Å². The van der Waals surface area contributed by atoms with E-state index in [0.29, 0.717) is 25.2 Å². The van der Waals surface area contributed by atoms with E-state index in [1.54, 1.807) is 4.90 Å². The summed E-state index contributed by atoms with van der Waals surface area (Å²) in [6.07, 6.45) is 0.158. The second-order valence-corrected chi connectivity index (χ2v) is 6.83. The van der Waals surface area contributed by atoms with Gasteiger partial charge in [0.25, 0.3) is 5.69 Å². The Labute approximate surface area is 122 Å². The lowest BCUT2D eigenvalue weighted by Crippen LogP contribution is -2.43. The molecule has 0 aromatic heterocycles. The molecule has 0 bridgehead atoms. The van der Waals surface area contributed by atoms with Crippen LogP contribution in [-0.4, -0.2) is 37.6 Å². The quantitative estimate of drug-likeness (QED) is 0.616. The number of aliphatic hydroxyl groups is 1. The van der Waals surface area contributed by atoms with E-state index in [0.717, 1.165) is 6.07 Å². The maximum absolute atomic E-state index is 11.4. The first-order valence-electron chi connectivity index (χ1n) is 6.44. The first-order valence-corrected chi connectivity index (χ1v) is 7.98. The topological polar surface area (TPSA) is 127 Å². The van der Waals surface area contributed by atoms with E-state index in [9.17, 15) is 23.6 Å². The molecule has 0 aliphatic carbocycles. The highest BCUT2D eigenvalue weighted by Crippen LogP contribution is 2.29. The van der Waals surface area contributed by atoms with Crippen molar-refractivity contribution in [3.8, 4) is 0 Å². The Morgan fingerprint density at radius 3 is 2.62 bits per heavy atom. The number of nitrogens with zero attached hydrogens (tertiary/aromatic N) is 2. The lowest BCUT2D eigenvalue weighted by Gasteiger charge is -2.35. The molecule has 2 rings (SSSR count). The van der Waals surface area contributed by atoms with Crippen LogP contribution in [0.4, 0.5) is 11.4 Å². The molecule has 21 heavy (non-hydrogen) atoms. The molecule has 1 aliphatic heterocycles. The van der Waals surface area contributed by atoms with E-state index in [4.69, 9.17) is 5.14 Å². The lowest BCUT2D eigenvalue weighted by molar-refractivity contribution is -0.385. The molecule has 3 N–H and O–H groups in total. The summed E-state index contributed by atoms with van der Waals surface area (Å²) in [5, 5.41) is 25.9. The molecule has 1 saturated heterocycles. The summed E-state index contributed by atoms with van der Waals surface area (Å²) in [4.78, 5) is 11.7. The highest BCUT2D eigenvalue weighted by molar-refractivity contribution is 7.89. The van der Waals surface area contributed by atoms with Crippen LogP contribution >= 0.6 is 0 Å². The largest absolute Gasteiger partial charge is 0.391 e. The van der Waals surface area contributed by atoms with Gasteiger partial charge in [-0.15, -0.1) is 0 Å². The number of primary sulfonamides is 1. The van der Waals surface area contributed by atoms with Gasteiger partial charge in [0.1, 0.15) is 0 Å². The van der Waals surface area contributed by atoms with Gasteiger partial charge in [0.15, 0.2) is 0 Å². The fraction of sp³-hybridized carbons (Fsp3) is 0.500. The molecule has 0 radical (unpaired) electrons. The van der Waals surface area contributed by atoms with Crippen molar-refractivity contribution < 1.29 is 18.4 Å². The molecule has 1 fully saturated rings. The average molecular weight is 315 g/mol. The van der Waals surface area contributed by atoms with Crippen LogP contribution in [0.15, 0.2) is 23.1 Å². The van der Waals surface area contributed by atoms with Crippen LogP contribution in [0.1, 0.15) is 13.3 Å². The summed E-state index contributed by atoms with van der Waals surface area (Å²) in [5.74, 6) is 0.137. The minimum atomic E-state index is -4.04. The Kier molecular flexibility index (Phi) is 4.17. The minimum absolute atomic E-state index is 0.137. The molecule has 9 heteroatoms. The molecule has 0 spiro atoms. The molecular weight excluding hydrogens is 298 g/mol. The minimum Gasteiger partial charge on any atom is -0.391 e. The number of nitrogens with two attached hydrogens (primary N) is 1. The molecule has 0 amide bonds. The Balaban J connectivity index is 2.44. The fourth-order valence-electron chi connectivity index (χ4n) is 2.30. The maximum Gasteiger partial charge on any atom is 0.272 e. The van der Waals surface area contributed by atoms with E-state index < -0.39 is 21.1 Å². The number of aliphatic hydroxyl groups excluding tert-OH is 1. The zero-order chi connectivity index (χ0) is 15.8. The highest BCUT2D eigenvalue weighted by atomic mass is 32.2. The lowest BCUT2D eigenvalue weighted by atomic mass is 9.95. The second kappa shape index (κ2) is 5.58. The standard InChI is InChI=1S/C12H17N3O5S/c1-8-2-3-14(7-12(8)16)9-4-10(15(17)18)6-11(5-9)21(13,19)20/h4-6,8,12,16H,2-3,7H2,1H3,(H2,13,19,20). The number of rotatable bonds is 3. The third kappa shape index (κ3) is 3.49. The van der Waals surface area contributed by atoms with Gasteiger partial charge in [-0.05, 0) is 18.4 Å². The van der Waals surface area contributed by atoms with Crippen molar-refractivity contribution in [2.75, 3.05) is 18.0 Å². The predicted octanol–water partition coefficient (Wildman–Crippen LogP) is 0.449. The van der Waals surface area contributed by atoms with Crippen LogP contribution in [0.25, 0.3) is 0 Å². The summed E-state index contributed by atoms with van der Waals surface area (Å²) < 4.78 is 22.9. The van der Waals surface area contributed by atoms with Gasteiger partial charge in [-0.25, -0.2) is 13.6 Å². The summed E-state index contributed by atoms with van der Waals surface area (Å²) in [6, 6.07) is 3.52. The summed E-state index contributed by atoms with van der Waals surface area (Å²) >= 11 is 0. The van der Waals surface area contributed by atoms with Gasteiger partial charge >= 0.3 is 0 Å². The third-order valence-electron chi connectivity index (χ3n) is 3.70. The molecule has 2 unspecified atom stereocenters. The zero-order valence-corrected chi connectivity index (χ0v) is 12.3. The summed E-state index contributed by atoms with van der Waals surface area (Å²) in [5.41, 5.74) is 0.0313. The number of non-ortho nitro benzene ring substituents is 1. The molecule has 1 heterocycles. The van der Waals surface area contributed by atoms with Crippen molar-refractivity contribution in [2.45, 2.75) is 24.3 Å². The third-order valence-corrected chi connectivity index (χ3v) is 4.59. The highest BCUT2D eigenvalue weighted by Gasteiger charge is 2.26. The molecule has 1 aromatic rings. The van der Waals surface area contributed by atoms with E-state index in [-0.39, 0.29) is 16.5 Å². The normalized spacial score (nSPS) is 23.1. The Bertz CT molecular complexity index is 661. The molecule has 116 valence electrons. The van der Waals surface area contributed by atoms with Crippen molar-refractivity contribution >= 4 is 21.4 Å². The van der Waals surface area contributed by atoms with Crippen molar-refractivity contribution in [3.63, 3.8) is 0 Å². The van der Waals surface area contributed by atoms with Gasteiger partial charge in [0.2, 0.25) is 10.0 Å². The van der Waals surface area contributed by atoms with Gasteiger partial charge in [-0.2, -0.15) is 0 Å². The van der Waals surface area contributed by atoms with E-state index in [2.05, 4.69) is 0 Å². The van der Waals surface area contributed by atoms with Crippen LogP contribution in [0.2, 0.25) is 0 Å². The number of hydrogen-bond donors (Lipinski definition) is 2. The van der Waals surface area contributed by atoms with E-state index in [1.165, 1.54) is 12.1 Å². The number of β-amino-alcohol motifs (C(OH)–C–C–N with tert-alkyl or cyclic N) is 1. The molecular formula is C12H17N3O5S. The van der Waals surface area contributed by atoms with Crippen molar-refractivity contribution in [1.82, 2.24) is 0 Å². The number of nitro benzene ring substituents is 1. The average Bonchev–Trinajstić information content (AvgIpc) is 2.40. The van der Waals surface area contributed by atoms with Crippen molar-refractivity contribution in [1.29, 1.82) is 0 Å². The van der Waals surface area contributed by atoms with Gasteiger partial charge in [0, 0.05) is 30.9 Å². The van der Waals surface area contributed by atoms with Gasteiger partial charge in [-0.3, -0.25) is 10.1 Å². The molecule has 2 atom stereocenters. The number of anilines is 1. The predicted molar refractivity (Wildman–Crippen MR) is 76.5 cm³/mol. The van der Waals surface area contributed by atoms with Crippen LogP contribution in [0.3, 0.4) is 0 Å².